The van der Waals surface area contributed by atoms with Gasteiger partial charge in [-0.15, -0.1) is 0 Å². The van der Waals surface area contributed by atoms with Gasteiger partial charge in [0.25, 0.3) is 0 Å². The Balaban J connectivity index is 1.36. The van der Waals surface area contributed by atoms with E-state index in [1.807, 2.05) is 18.0 Å². The van der Waals surface area contributed by atoms with Crippen LogP contribution in [0.25, 0.3) is 0 Å². The van der Waals surface area contributed by atoms with Gasteiger partial charge in [0, 0.05) is 49.5 Å². The summed E-state index contributed by atoms with van der Waals surface area (Å²) in [6, 6.07) is 8.71. The average molecular weight is 552 g/mol. The highest BCUT2D eigenvalue weighted by atomic mass is 19.1. The molecule has 216 valence electrons. The third-order valence-corrected chi connectivity index (χ3v) is 8.58. The van der Waals surface area contributed by atoms with Crippen LogP contribution in [0.3, 0.4) is 0 Å². The topological polar surface area (TPSA) is 81.2 Å². The molecule has 0 bridgehead atoms. The molecule has 3 atom stereocenters. The highest BCUT2D eigenvalue weighted by Gasteiger charge is 2.43. The first-order valence-electron chi connectivity index (χ1n) is 14.2. The minimum absolute atomic E-state index is 0.0333. The number of pyridine rings is 1. The number of carbonyl (C=O) groups excluding carboxylic acids is 1. The summed E-state index contributed by atoms with van der Waals surface area (Å²) >= 11 is 0. The van der Waals surface area contributed by atoms with Crippen LogP contribution >= 0.6 is 0 Å². The molecule has 40 heavy (non-hydrogen) atoms. The van der Waals surface area contributed by atoms with Crippen molar-refractivity contribution in [2.75, 3.05) is 57.4 Å². The maximum absolute atomic E-state index is 14.0. The Bertz CT molecular complexity index is 1250. The number of morpholine rings is 1. The number of amides is 1. The number of nitrogens with one attached hydrogen (secondary N) is 1. The molecule has 0 aliphatic carbocycles. The lowest BCUT2D eigenvalue weighted by atomic mass is 9.91. The predicted octanol–water partition coefficient (Wildman–Crippen LogP) is 2.69. The molecule has 2 aromatic rings. The molecule has 2 saturated heterocycles. The van der Waals surface area contributed by atoms with Crippen LogP contribution in [0.15, 0.2) is 48.8 Å². The Morgan fingerprint density at radius 3 is 2.73 bits per heavy atom. The number of halogens is 1. The number of aliphatic hydroxyl groups is 1. The summed E-state index contributed by atoms with van der Waals surface area (Å²) in [5.41, 5.74) is 3.84. The number of rotatable bonds is 7. The van der Waals surface area contributed by atoms with Gasteiger partial charge in [-0.25, -0.2) is 4.39 Å². The van der Waals surface area contributed by atoms with Crippen molar-refractivity contribution in [3.8, 4) is 0 Å². The number of carbonyl (C=O) groups is 1. The van der Waals surface area contributed by atoms with Crippen molar-refractivity contribution in [3.63, 3.8) is 0 Å². The van der Waals surface area contributed by atoms with Crippen LogP contribution in [0, 0.1) is 5.82 Å². The van der Waals surface area contributed by atoms with Crippen LogP contribution in [-0.2, 0) is 21.4 Å². The van der Waals surface area contributed by atoms with E-state index < -0.39 is 5.54 Å². The zero-order chi connectivity index (χ0) is 28.7. The third kappa shape index (κ3) is 5.65. The Morgan fingerprint density at radius 2 is 2.00 bits per heavy atom. The zero-order valence-electron chi connectivity index (χ0n) is 24.1. The first-order chi connectivity index (χ1) is 19.0. The summed E-state index contributed by atoms with van der Waals surface area (Å²) in [5, 5.41) is 13.7. The van der Waals surface area contributed by atoms with Crippen molar-refractivity contribution in [2.45, 2.75) is 57.2 Å². The number of piperazine rings is 1. The molecule has 1 aromatic carbocycles. The number of anilines is 1. The molecule has 3 aliphatic rings. The van der Waals surface area contributed by atoms with Gasteiger partial charge in [-0.2, -0.15) is 0 Å². The lowest BCUT2D eigenvalue weighted by Gasteiger charge is -2.50. The molecule has 9 heteroatoms. The van der Waals surface area contributed by atoms with E-state index in [1.54, 1.807) is 12.1 Å². The van der Waals surface area contributed by atoms with Gasteiger partial charge in [-0.1, -0.05) is 32.6 Å². The summed E-state index contributed by atoms with van der Waals surface area (Å²) in [6.45, 7) is 16.7. The molecule has 8 nitrogen and oxygen atoms in total. The van der Waals surface area contributed by atoms with Gasteiger partial charge < -0.3 is 25.0 Å². The number of hydrogen-bond donors (Lipinski definition) is 2. The van der Waals surface area contributed by atoms with Crippen molar-refractivity contribution < 1.29 is 19.0 Å². The van der Waals surface area contributed by atoms with Crippen molar-refractivity contribution in [1.82, 2.24) is 20.1 Å². The lowest BCUT2D eigenvalue weighted by molar-refractivity contribution is -0.121. The fourth-order valence-electron chi connectivity index (χ4n) is 6.28. The highest BCUT2D eigenvalue weighted by molar-refractivity contribution is 5.97. The van der Waals surface area contributed by atoms with Crippen LogP contribution in [0.5, 0.6) is 0 Å². The fraction of sp³-hybridized carbons (Fsp3) is 0.548. The summed E-state index contributed by atoms with van der Waals surface area (Å²) in [4.78, 5) is 25.1. The molecule has 1 aromatic heterocycles. The van der Waals surface area contributed by atoms with E-state index in [1.165, 1.54) is 12.1 Å². The Hall–Kier alpha value is -2.85. The fourth-order valence-corrected chi connectivity index (χ4v) is 6.28. The van der Waals surface area contributed by atoms with Crippen molar-refractivity contribution >= 4 is 11.6 Å². The number of ether oxygens (including phenoxy) is 1. The van der Waals surface area contributed by atoms with E-state index in [0.717, 1.165) is 28.2 Å². The quantitative estimate of drug-likeness (QED) is 0.548. The van der Waals surface area contributed by atoms with Crippen LogP contribution in [0.4, 0.5) is 10.1 Å². The number of aromatic nitrogens is 1. The molecular formula is C31H42FN5O3. The van der Waals surface area contributed by atoms with E-state index >= 15 is 0 Å². The smallest absolute Gasteiger partial charge is 0.241 e. The van der Waals surface area contributed by atoms with E-state index in [2.05, 4.69) is 48.5 Å². The summed E-state index contributed by atoms with van der Waals surface area (Å²) < 4.78 is 19.1. The molecule has 0 saturated carbocycles. The molecular weight excluding hydrogens is 509 g/mol. The van der Waals surface area contributed by atoms with Gasteiger partial charge >= 0.3 is 0 Å². The van der Waals surface area contributed by atoms with Gasteiger partial charge in [0.1, 0.15) is 5.82 Å². The maximum atomic E-state index is 14.0. The molecule has 1 amide bonds. The molecule has 0 unspecified atom stereocenters. The molecule has 2 fully saturated rings. The largest absolute Gasteiger partial charge is 0.394 e. The van der Waals surface area contributed by atoms with E-state index in [0.29, 0.717) is 45.8 Å². The summed E-state index contributed by atoms with van der Waals surface area (Å²) in [6.07, 6.45) is 2.49. The van der Waals surface area contributed by atoms with E-state index in [4.69, 9.17) is 9.72 Å². The van der Waals surface area contributed by atoms with Gasteiger partial charge in [0.2, 0.25) is 5.91 Å². The second-order valence-electron chi connectivity index (χ2n) is 12.5. The zero-order valence-corrected chi connectivity index (χ0v) is 24.1. The Labute approximate surface area is 236 Å². The lowest BCUT2D eigenvalue weighted by Crippen LogP contribution is -2.64. The number of fused-ring (bicyclic) bond motifs is 1. The summed E-state index contributed by atoms with van der Waals surface area (Å²) in [5.74, 6) is -0.224. The van der Waals surface area contributed by atoms with Crippen molar-refractivity contribution in [1.29, 1.82) is 0 Å². The minimum atomic E-state index is -0.543. The van der Waals surface area contributed by atoms with Crippen LogP contribution < -0.4 is 10.2 Å². The van der Waals surface area contributed by atoms with Crippen molar-refractivity contribution in [2.24, 2.45) is 0 Å². The highest BCUT2D eigenvalue weighted by Crippen LogP contribution is 2.40. The minimum Gasteiger partial charge on any atom is -0.394 e. The average Bonchev–Trinajstić information content (AvgIpc) is 3.20. The van der Waals surface area contributed by atoms with Crippen LogP contribution in [0.2, 0.25) is 0 Å². The van der Waals surface area contributed by atoms with Crippen molar-refractivity contribution in [3.05, 3.63) is 71.4 Å². The van der Waals surface area contributed by atoms with Gasteiger partial charge in [0.15, 0.2) is 0 Å². The summed E-state index contributed by atoms with van der Waals surface area (Å²) in [7, 11) is 0. The van der Waals surface area contributed by atoms with E-state index in [9.17, 15) is 14.3 Å². The molecule has 2 N–H and O–H groups in total. The molecule has 4 heterocycles. The Kier molecular flexibility index (Phi) is 8.03. The number of hydrogen-bond acceptors (Lipinski definition) is 7. The van der Waals surface area contributed by atoms with Crippen LogP contribution in [0.1, 0.15) is 44.5 Å². The monoisotopic (exact) mass is 551 g/mol. The second-order valence-corrected chi connectivity index (χ2v) is 12.5. The maximum Gasteiger partial charge on any atom is 0.241 e. The number of aliphatic hydroxyl groups excluding tert-OH is 1. The molecule has 5 rings (SSSR count). The number of nitrogens with zero attached hydrogens (tertiary/aromatic N) is 4. The van der Waals surface area contributed by atoms with Gasteiger partial charge in [0.05, 0.1) is 49.3 Å². The predicted molar refractivity (Wildman–Crippen MR) is 154 cm³/mol. The second kappa shape index (κ2) is 11.2. The van der Waals surface area contributed by atoms with Gasteiger partial charge in [-0.05, 0) is 49.6 Å². The number of benzene rings is 1. The Morgan fingerprint density at radius 1 is 1.25 bits per heavy atom. The normalized spacial score (nSPS) is 26.6. The van der Waals surface area contributed by atoms with Gasteiger partial charge in [-0.3, -0.25) is 14.7 Å². The van der Waals surface area contributed by atoms with Crippen LogP contribution in [-0.4, -0.2) is 96.0 Å². The first kappa shape index (κ1) is 28.7. The molecule has 0 radical (unpaired) electrons. The SMILES string of the molecule is C=C([C@H]1CN[C@H](C)CN1CC(=O)N1CC(C)(C)c2ncc(Cc3ccc(F)cc3)cc21)N1CCOC[C@]1(C)CO. The van der Waals surface area contributed by atoms with E-state index in [-0.39, 0.29) is 42.4 Å². The molecule has 3 aliphatic heterocycles. The molecule has 0 spiro atoms. The third-order valence-electron chi connectivity index (χ3n) is 8.58. The standard InChI is InChI=1S/C31H42FN5O3/c1-21-16-35(27(15-33-21)22(2)37-10-11-40-20-31(37,5)19-38)17-28(39)36-18-30(3,4)29-26(36)13-24(14-34-29)12-23-6-8-25(32)9-7-23/h6-9,13-14,21,27,33,38H,2,10-12,15-20H2,1,3-5H3/t21-,27-,31+/m1/s1. The first-order valence-corrected chi connectivity index (χ1v) is 14.2.